The minimum absolute atomic E-state index is 0.132. The van der Waals surface area contributed by atoms with Gasteiger partial charge in [-0.3, -0.25) is 4.90 Å². The van der Waals surface area contributed by atoms with Crippen molar-refractivity contribution in [3.63, 3.8) is 0 Å². The molecular weight excluding hydrogens is 404 g/mol. The number of rotatable bonds is 10. The second-order valence-electron chi connectivity index (χ2n) is 8.19. The SMILES string of the molecule is COc1ccc(C(C)NC(=O)NCCCN2CCN(Cc3ccccc3)CC2)cc1OC. The summed E-state index contributed by atoms with van der Waals surface area (Å²) in [5, 5.41) is 5.96. The van der Waals surface area contributed by atoms with Gasteiger partial charge >= 0.3 is 6.03 Å². The lowest BCUT2D eigenvalue weighted by Gasteiger charge is -2.34. The summed E-state index contributed by atoms with van der Waals surface area (Å²) < 4.78 is 10.6. The van der Waals surface area contributed by atoms with E-state index < -0.39 is 0 Å². The molecule has 1 fully saturated rings. The van der Waals surface area contributed by atoms with E-state index in [2.05, 4.69) is 50.8 Å². The molecule has 1 aliphatic heterocycles. The average molecular weight is 441 g/mol. The highest BCUT2D eigenvalue weighted by atomic mass is 16.5. The van der Waals surface area contributed by atoms with E-state index in [0.29, 0.717) is 18.0 Å². The molecule has 2 aromatic carbocycles. The van der Waals surface area contributed by atoms with Crippen LogP contribution in [0.3, 0.4) is 0 Å². The maximum atomic E-state index is 12.3. The molecule has 1 aliphatic rings. The van der Waals surface area contributed by atoms with E-state index in [1.807, 2.05) is 25.1 Å². The fourth-order valence-corrected chi connectivity index (χ4v) is 3.97. The molecule has 0 bridgehead atoms. The predicted molar refractivity (Wildman–Crippen MR) is 127 cm³/mol. The Morgan fingerprint density at radius 3 is 2.34 bits per heavy atom. The van der Waals surface area contributed by atoms with Gasteiger partial charge in [-0.05, 0) is 43.1 Å². The third-order valence-electron chi connectivity index (χ3n) is 5.91. The van der Waals surface area contributed by atoms with Crippen molar-refractivity contribution in [2.45, 2.75) is 25.9 Å². The van der Waals surface area contributed by atoms with Gasteiger partial charge in [0, 0.05) is 39.3 Å². The molecule has 0 saturated carbocycles. The zero-order chi connectivity index (χ0) is 22.8. The minimum atomic E-state index is -0.153. The molecule has 0 spiro atoms. The second kappa shape index (κ2) is 12.3. The lowest BCUT2D eigenvalue weighted by molar-refractivity contribution is 0.126. The highest BCUT2D eigenvalue weighted by Crippen LogP contribution is 2.29. The van der Waals surface area contributed by atoms with Crippen LogP contribution in [0.1, 0.15) is 30.5 Å². The summed E-state index contributed by atoms with van der Waals surface area (Å²) in [6, 6.07) is 16.0. The van der Waals surface area contributed by atoms with Gasteiger partial charge in [-0.25, -0.2) is 4.79 Å². The summed E-state index contributed by atoms with van der Waals surface area (Å²) in [7, 11) is 3.22. The highest BCUT2D eigenvalue weighted by molar-refractivity contribution is 5.74. The van der Waals surface area contributed by atoms with Crippen molar-refractivity contribution in [1.82, 2.24) is 20.4 Å². The van der Waals surface area contributed by atoms with Gasteiger partial charge in [0.15, 0.2) is 11.5 Å². The molecule has 1 saturated heterocycles. The molecule has 1 atom stereocenters. The number of piperazine rings is 1. The standard InChI is InChI=1S/C25H36N4O3/c1-20(22-10-11-23(31-2)24(18-22)32-3)27-25(30)26-12-7-13-28-14-16-29(17-15-28)19-21-8-5-4-6-9-21/h4-6,8-11,18,20H,7,12-17,19H2,1-3H3,(H2,26,27,30). The Hall–Kier alpha value is -2.77. The van der Waals surface area contributed by atoms with E-state index in [0.717, 1.165) is 51.3 Å². The van der Waals surface area contributed by atoms with Crippen molar-refractivity contribution >= 4 is 6.03 Å². The number of amides is 2. The molecule has 32 heavy (non-hydrogen) atoms. The van der Waals surface area contributed by atoms with Crippen molar-refractivity contribution in [1.29, 1.82) is 0 Å². The number of nitrogens with one attached hydrogen (secondary N) is 2. The van der Waals surface area contributed by atoms with Gasteiger partial charge in [-0.15, -0.1) is 0 Å². The van der Waals surface area contributed by atoms with Crippen molar-refractivity contribution in [3.8, 4) is 11.5 Å². The third kappa shape index (κ3) is 7.14. The van der Waals surface area contributed by atoms with Crippen LogP contribution in [0.25, 0.3) is 0 Å². The number of hydrogen-bond acceptors (Lipinski definition) is 5. The zero-order valence-corrected chi connectivity index (χ0v) is 19.5. The van der Waals surface area contributed by atoms with E-state index in [9.17, 15) is 4.79 Å². The van der Waals surface area contributed by atoms with E-state index in [4.69, 9.17) is 9.47 Å². The van der Waals surface area contributed by atoms with Crippen molar-refractivity contribution in [3.05, 3.63) is 59.7 Å². The largest absolute Gasteiger partial charge is 0.493 e. The minimum Gasteiger partial charge on any atom is -0.493 e. The van der Waals surface area contributed by atoms with Gasteiger partial charge in [0.1, 0.15) is 0 Å². The summed E-state index contributed by atoms with van der Waals surface area (Å²) >= 11 is 0. The lowest BCUT2D eigenvalue weighted by Crippen LogP contribution is -2.46. The van der Waals surface area contributed by atoms with Crippen LogP contribution in [0, 0.1) is 0 Å². The maximum absolute atomic E-state index is 12.3. The van der Waals surface area contributed by atoms with Gasteiger partial charge in [0.05, 0.1) is 20.3 Å². The van der Waals surface area contributed by atoms with E-state index in [1.54, 1.807) is 14.2 Å². The molecule has 1 unspecified atom stereocenters. The zero-order valence-electron chi connectivity index (χ0n) is 19.5. The quantitative estimate of drug-likeness (QED) is 0.555. The van der Waals surface area contributed by atoms with E-state index in [1.165, 1.54) is 5.56 Å². The van der Waals surface area contributed by atoms with Crippen molar-refractivity contribution < 1.29 is 14.3 Å². The Labute approximate surface area is 191 Å². The predicted octanol–water partition coefficient (Wildman–Crippen LogP) is 3.27. The van der Waals surface area contributed by atoms with Gasteiger partial charge in [-0.1, -0.05) is 36.4 Å². The van der Waals surface area contributed by atoms with Crippen LogP contribution in [0.5, 0.6) is 11.5 Å². The fraction of sp³-hybridized carbons (Fsp3) is 0.480. The molecule has 7 heteroatoms. The fourth-order valence-electron chi connectivity index (χ4n) is 3.97. The summed E-state index contributed by atoms with van der Waals surface area (Å²) in [4.78, 5) is 17.3. The Bertz CT molecular complexity index is 838. The molecular formula is C25H36N4O3. The first kappa shape index (κ1) is 23.9. The number of nitrogens with zero attached hydrogens (tertiary/aromatic N) is 2. The van der Waals surface area contributed by atoms with Crippen LogP contribution in [-0.4, -0.2) is 69.3 Å². The summed E-state index contributed by atoms with van der Waals surface area (Å²) in [5.74, 6) is 1.33. The summed E-state index contributed by atoms with van der Waals surface area (Å²) in [6.07, 6.45) is 0.941. The Kier molecular flexibility index (Phi) is 9.19. The molecule has 1 heterocycles. The first-order chi connectivity index (χ1) is 15.6. The first-order valence-electron chi connectivity index (χ1n) is 11.3. The number of urea groups is 1. The van der Waals surface area contributed by atoms with Gasteiger partial charge in [0.25, 0.3) is 0 Å². The number of ether oxygens (including phenoxy) is 2. The first-order valence-corrected chi connectivity index (χ1v) is 11.3. The van der Waals surface area contributed by atoms with Gasteiger partial charge in [-0.2, -0.15) is 0 Å². The number of carbonyl (C=O) groups is 1. The lowest BCUT2D eigenvalue weighted by atomic mass is 10.1. The Morgan fingerprint density at radius 1 is 0.969 bits per heavy atom. The highest BCUT2D eigenvalue weighted by Gasteiger charge is 2.17. The van der Waals surface area contributed by atoms with Crippen LogP contribution >= 0.6 is 0 Å². The average Bonchev–Trinajstić information content (AvgIpc) is 2.83. The Balaban J connectivity index is 1.31. The topological polar surface area (TPSA) is 66.1 Å². The number of carbonyl (C=O) groups excluding carboxylic acids is 1. The molecule has 0 radical (unpaired) electrons. The molecule has 0 aromatic heterocycles. The van der Waals surface area contributed by atoms with Crippen molar-refractivity contribution in [2.75, 3.05) is 53.5 Å². The van der Waals surface area contributed by atoms with Crippen LogP contribution < -0.4 is 20.1 Å². The number of benzene rings is 2. The maximum Gasteiger partial charge on any atom is 0.315 e. The van der Waals surface area contributed by atoms with Crippen LogP contribution in [0.15, 0.2) is 48.5 Å². The summed E-state index contributed by atoms with van der Waals surface area (Å²) in [5.41, 5.74) is 2.34. The molecule has 174 valence electrons. The van der Waals surface area contributed by atoms with Crippen molar-refractivity contribution in [2.24, 2.45) is 0 Å². The number of methoxy groups -OCH3 is 2. The van der Waals surface area contributed by atoms with E-state index in [-0.39, 0.29) is 12.1 Å². The van der Waals surface area contributed by atoms with E-state index >= 15 is 0 Å². The molecule has 3 rings (SSSR count). The second-order valence-corrected chi connectivity index (χ2v) is 8.19. The molecule has 2 amide bonds. The molecule has 0 aliphatic carbocycles. The van der Waals surface area contributed by atoms with Crippen LogP contribution in [0.4, 0.5) is 4.79 Å². The van der Waals surface area contributed by atoms with Crippen LogP contribution in [0.2, 0.25) is 0 Å². The van der Waals surface area contributed by atoms with Gasteiger partial charge < -0.3 is 25.0 Å². The van der Waals surface area contributed by atoms with Gasteiger partial charge in [0.2, 0.25) is 0 Å². The monoisotopic (exact) mass is 440 g/mol. The summed E-state index contributed by atoms with van der Waals surface area (Å²) in [6.45, 7) is 8.98. The molecule has 2 aromatic rings. The van der Waals surface area contributed by atoms with Crippen LogP contribution in [-0.2, 0) is 6.54 Å². The number of hydrogen-bond donors (Lipinski definition) is 2. The normalized spacial score (nSPS) is 15.7. The molecule has 2 N–H and O–H groups in total. The third-order valence-corrected chi connectivity index (χ3v) is 5.91. The smallest absolute Gasteiger partial charge is 0.315 e. The Morgan fingerprint density at radius 2 is 1.66 bits per heavy atom. The molecule has 7 nitrogen and oxygen atoms in total.